The first-order chi connectivity index (χ1) is 9.31. The zero-order valence-electron chi connectivity index (χ0n) is 12.2. The van der Waals surface area contributed by atoms with E-state index < -0.39 is 4.32 Å². The van der Waals surface area contributed by atoms with Crippen molar-refractivity contribution in [3.8, 4) is 0 Å². The van der Waals surface area contributed by atoms with Crippen molar-refractivity contribution in [3.63, 3.8) is 0 Å². The molecule has 1 N–H and O–H groups in total. The molecule has 1 atom stereocenters. The van der Waals surface area contributed by atoms with E-state index in [0.29, 0.717) is 11.0 Å². The fourth-order valence-electron chi connectivity index (χ4n) is 1.78. The van der Waals surface area contributed by atoms with Crippen LogP contribution in [0.1, 0.15) is 45.6 Å². The first-order valence-electron chi connectivity index (χ1n) is 6.72. The number of alkyl halides is 1. The number of halogens is 1. The van der Waals surface area contributed by atoms with Crippen molar-refractivity contribution in [1.29, 1.82) is 0 Å². The van der Waals surface area contributed by atoms with Crippen LogP contribution >= 0.6 is 27.3 Å². The number of carbonyl (C=O) groups excluding carboxylic acids is 1. The van der Waals surface area contributed by atoms with Crippen molar-refractivity contribution in [2.75, 3.05) is 5.32 Å². The first-order valence-corrected chi connectivity index (χ1v) is 8.33. The summed E-state index contributed by atoms with van der Waals surface area (Å²) in [6.07, 6.45) is 1.12. The largest absolute Gasteiger partial charge is 0.301 e. The average Bonchev–Trinajstić information content (AvgIpc) is 2.77. The van der Waals surface area contributed by atoms with Gasteiger partial charge >= 0.3 is 0 Å². The second-order valence-electron chi connectivity index (χ2n) is 5.48. The zero-order valence-corrected chi connectivity index (χ0v) is 14.6. The van der Waals surface area contributed by atoms with Gasteiger partial charge in [-0.15, -0.1) is 0 Å². The van der Waals surface area contributed by atoms with Crippen LogP contribution in [0.25, 0.3) is 10.2 Å². The van der Waals surface area contributed by atoms with Crippen LogP contribution in [0.5, 0.6) is 0 Å². The van der Waals surface area contributed by atoms with Crippen LogP contribution < -0.4 is 5.32 Å². The Morgan fingerprint density at radius 2 is 2.20 bits per heavy atom. The molecule has 0 spiro atoms. The highest BCUT2D eigenvalue weighted by molar-refractivity contribution is 9.10. The second-order valence-corrected chi connectivity index (χ2v) is 8.50. The minimum Gasteiger partial charge on any atom is -0.301 e. The number of anilines is 1. The van der Waals surface area contributed by atoms with Gasteiger partial charge in [0.2, 0.25) is 5.91 Å². The molecule has 1 amide bonds. The quantitative estimate of drug-likeness (QED) is 0.791. The van der Waals surface area contributed by atoms with Crippen LogP contribution in [-0.4, -0.2) is 15.2 Å². The number of rotatable bonds is 4. The number of amides is 1. The highest BCUT2D eigenvalue weighted by Crippen LogP contribution is 2.30. The molecular formula is C15H19BrN2OS. The Kier molecular flexibility index (Phi) is 4.49. The lowest BCUT2D eigenvalue weighted by molar-refractivity contribution is -0.117. The first kappa shape index (κ1) is 15.4. The van der Waals surface area contributed by atoms with Crippen molar-refractivity contribution in [1.82, 2.24) is 4.98 Å². The molecule has 0 aliphatic rings. The van der Waals surface area contributed by atoms with E-state index in [1.165, 1.54) is 16.9 Å². The maximum Gasteiger partial charge on any atom is 0.242 e. The molecule has 3 nitrogen and oxygen atoms in total. The molecule has 1 aromatic heterocycles. The summed E-state index contributed by atoms with van der Waals surface area (Å²) in [7, 11) is 0. The molecule has 5 heteroatoms. The molecule has 0 bridgehead atoms. The van der Waals surface area contributed by atoms with E-state index in [2.05, 4.69) is 52.2 Å². The third-order valence-corrected chi connectivity index (χ3v) is 4.65. The van der Waals surface area contributed by atoms with E-state index >= 15 is 0 Å². The molecule has 0 radical (unpaired) electrons. The molecule has 0 aliphatic heterocycles. The predicted octanol–water partition coefficient (Wildman–Crippen LogP) is 4.92. The SMILES string of the molecule is CC[C@H](C)c1ccc2nc(NC(=O)C(C)(C)Br)sc2c1. The average molecular weight is 355 g/mol. The molecule has 1 heterocycles. The summed E-state index contributed by atoms with van der Waals surface area (Å²) in [6, 6.07) is 6.33. The molecule has 0 unspecified atom stereocenters. The van der Waals surface area contributed by atoms with Gasteiger partial charge in [-0.3, -0.25) is 4.79 Å². The number of hydrogen-bond donors (Lipinski definition) is 1. The van der Waals surface area contributed by atoms with Crippen LogP contribution in [0.3, 0.4) is 0 Å². The van der Waals surface area contributed by atoms with Gasteiger partial charge in [0.15, 0.2) is 5.13 Å². The molecule has 0 saturated heterocycles. The number of carbonyl (C=O) groups is 1. The second kappa shape index (κ2) is 5.82. The Balaban J connectivity index is 2.28. The lowest BCUT2D eigenvalue weighted by atomic mass is 9.99. The molecular weight excluding hydrogens is 336 g/mol. The molecule has 2 aromatic rings. The van der Waals surface area contributed by atoms with E-state index in [4.69, 9.17) is 0 Å². The topological polar surface area (TPSA) is 42.0 Å². The maximum atomic E-state index is 11.9. The number of nitrogens with zero attached hydrogens (tertiary/aromatic N) is 1. The molecule has 2 rings (SSSR count). The summed E-state index contributed by atoms with van der Waals surface area (Å²) in [4.78, 5) is 16.4. The monoisotopic (exact) mass is 354 g/mol. The predicted molar refractivity (Wildman–Crippen MR) is 90.0 cm³/mol. The van der Waals surface area contributed by atoms with Crippen LogP contribution in [0.2, 0.25) is 0 Å². The van der Waals surface area contributed by atoms with E-state index in [1.54, 1.807) is 0 Å². The van der Waals surface area contributed by atoms with Gasteiger partial charge in [-0.25, -0.2) is 4.98 Å². The Hall–Kier alpha value is -0.940. The Morgan fingerprint density at radius 1 is 1.50 bits per heavy atom. The van der Waals surface area contributed by atoms with E-state index in [-0.39, 0.29) is 5.91 Å². The van der Waals surface area contributed by atoms with Gasteiger partial charge in [0, 0.05) is 0 Å². The zero-order chi connectivity index (χ0) is 14.9. The lowest BCUT2D eigenvalue weighted by Crippen LogP contribution is -2.30. The molecule has 0 fully saturated rings. The van der Waals surface area contributed by atoms with Crippen LogP contribution in [0, 0.1) is 0 Å². The van der Waals surface area contributed by atoms with Crippen molar-refractivity contribution >= 4 is 48.5 Å². The van der Waals surface area contributed by atoms with E-state index in [9.17, 15) is 4.79 Å². The van der Waals surface area contributed by atoms with Gasteiger partial charge in [-0.2, -0.15) is 0 Å². The van der Waals surface area contributed by atoms with Gasteiger partial charge in [0.05, 0.1) is 14.5 Å². The number of thiazole rings is 1. The van der Waals surface area contributed by atoms with Gasteiger partial charge < -0.3 is 5.32 Å². The van der Waals surface area contributed by atoms with Crippen molar-refractivity contribution in [3.05, 3.63) is 23.8 Å². The van der Waals surface area contributed by atoms with Gasteiger partial charge in [-0.1, -0.05) is 47.2 Å². The fourth-order valence-corrected chi connectivity index (χ4v) is 2.79. The molecule has 20 heavy (non-hydrogen) atoms. The number of benzene rings is 1. The minimum atomic E-state index is -0.591. The third kappa shape index (κ3) is 3.38. The lowest BCUT2D eigenvalue weighted by Gasteiger charge is -2.13. The highest BCUT2D eigenvalue weighted by atomic mass is 79.9. The standard InChI is InChI=1S/C15H19BrN2OS/c1-5-9(2)10-6-7-11-12(8-10)20-14(17-11)18-13(19)15(3,4)16/h6-9H,5H2,1-4H3,(H,17,18,19)/t9-/m0/s1. The van der Waals surface area contributed by atoms with Crippen LogP contribution in [0.4, 0.5) is 5.13 Å². The number of aromatic nitrogens is 1. The van der Waals surface area contributed by atoms with Crippen molar-refractivity contribution in [2.45, 2.75) is 44.4 Å². The number of fused-ring (bicyclic) bond motifs is 1. The Labute approximate surface area is 131 Å². The van der Waals surface area contributed by atoms with Crippen molar-refractivity contribution in [2.24, 2.45) is 0 Å². The molecule has 108 valence electrons. The Bertz CT molecular complexity index is 630. The summed E-state index contributed by atoms with van der Waals surface area (Å²) in [6.45, 7) is 8.04. The highest BCUT2D eigenvalue weighted by Gasteiger charge is 2.24. The minimum absolute atomic E-state index is 0.0845. The summed E-state index contributed by atoms with van der Waals surface area (Å²) < 4.78 is 0.526. The molecule has 0 aliphatic carbocycles. The third-order valence-electron chi connectivity index (χ3n) is 3.35. The summed E-state index contributed by atoms with van der Waals surface area (Å²) >= 11 is 4.87. The normalized spacial score (nSPS) is 13.4. The number of nitrogens with one attached hydrogen (secondary N) is 1. The summed E-state index contributed by atoms with van der Waals surface area (Å²) in [5.41, 5.74) is 2.26. The molecule has 1 aromatic carbocycles. The van der Waals surface area contributed by atoms with Crippen molar-refractivity contribution < 1.29 is 4.79 Å². The van der Waals surface area contributed by atoms with Crippen LogP contribution in [-0.2, 0) is 4.79 Å². The van der Waals surface area contributed by atoms with E-state index in [0.717, 1.165) is 16.6 Å². The van der Waals surface area contributed by atoms with E-state index in [1.807, 2.05) is 19.9 Å². The Morgan fingerprint density at radius 3 is 2.80 bits per heavy atom. The summed E-state index contributed by atoms with van der Waals surface area (Å²) in [5.74, 6) is 0.458. The fraction of sp³-hybridized carbons (Fsp3) is 0.467. The number of hydrogen-bond acceptors (Lipinski definition) is 3. The van der Waals surface area contributed by atoms with Gasteiger partial charge in [-0.05, 0) is 43.9 Å². The summed E-state index contributed by atoms with van der Waals surface area (Å²) in [5, 5.41) is 3.51. The molecule has 0 saturated carbocycles. The van der Waals surface area contributed by atoms with Gasteiger partial charge in [0.1, 0.15) is 0 Å². The smallest absolute Gasteiger partial charge is 0.242 e. The van der Waals surface area contributed by atoms with Gasteiger partial charge in [0.25, 0.3) is 0 Å². The maximum absolute atomic E-state index is 11.9. The van der Waals surface area contributed by atoms with Crippen LogP contribution in [0.15, 0.2) is 18.2 Å².